The molecule has 2 aromatic heterocycles. The van der Waals surface area contributed by atoms with Gasteiger partial charge in [-0.1, -0.05) is 6.07 Å². The Bertz CT molecular complexity index is 843. The number of fused-ring (bicyclic) bond motifs is 1. The van der Waals surface area contributed by atoms with Gasteiger partial charge in [0.1, 0.15) is 10.4 Å². The predicted octanol–water partition coefficient (Wildman–Crippen LogP) is 2.97. The number of esters is 1. The zero-order valence-corrected chi connectivity index (χ0v) is 15.6. The number of carbonyl (C=O) groups is 1. The van der Waals surface area contributed by atoms with Crippen molar-refractivity contribution < 1.29 is 18.3 Å². The summed E-state index contributed by atoms with van der Waals surface area (Å²) in [5.74, 6) is -3.28. The van der Waals surface area contributed by atoms with Crippen LogP contribution in [0.2, 0.25) is 0 Å². The van der Waals surface area contributed by atoms with E-state index in [-0.39, 0.29) is 0 Å². The molecular formula is C17H17BrF2N4O2. The van der Waals surface area contributed by atoms with E-state index >= 15 is 0 Å². The summed E-state index contributed by atoms with van der Waals surface area (Å²) < 4.78 is 33.8. The van der Waals surface area contributed by atoms with Gasteiger partial charge in [0.25, 0.3) is 5.92 Å². The van der Waals surface area contributed by atoms with E-state index in [0.717, 1.165) is 5.56 Å². The lowest BCUT2D eigenvalue weighted by Gasteiger charge is -2.21. The van der Waals surface area contributed by atoms with Gasteiger partial charge in [0.15, 0.2) is 0 Å². The van der Waals surface area contributed by atoms with Crippen LogP contribution in [-0.4, -0.2) is 46.4 Å². The monoisotopic (exact) mass is 426 g/mol. The number of aromatic nitrogens is 3. The van der Waals surface area contributed by atoms with Gasteiger partial charge in [0.05, 0.1) is 36.7 Å². The molecule has 1 aliphatic heterocycles. The number of piperidine rings is 1. The van der Waals surface area contributed by atoms with E-state index in [2.05, 4.69) is 26.0 Å². The standard InChI is InChI=1S/C17H17BrF2N4O2/c1-2-26-16(25)11-5-21-24(7-11)6-10-3-4-14(22-15(10)18)23-8-12-13(9-23)17(12,19)20/h3-5,7,12-13H,2,6,8-9H2,1H3. The fraction of sp³-hybridized carbons (Fsp3) is 0.471. The Morgan fingerprint density at radius 3 is 2.77 bits per heavy atom. The molecule has 2 unspecified atom stereocenters. The Labute approximate surface area is 157 Å². The zero-order valence-electron chi connectivity index (χ0n) is 14.0. The van der Waals surface area contributed by atoms with Crippen molar-refractivity contribution in [2.75, 3.05) is 24.6 Å². The molecule has 9 heteroatoms. The summed E-state index contributed by atoms with van der Waals surface area (Å²) in [4.78, 5) is 18.1. The van der Waals surface area contributed by atoms with Gasteiger partial charge in [-0.25, -0.2) is 18.6 Å². The lowest BCUT2D eigenvalue weighted by molar-refractivity contribution is 0.0526. The SMILES string of the molecule is CCOC(=O)c1cnn(Cc2ccc(N3CC4C(C3)C4(F)F)nc2Br)c1. The molecule has 1 saturated carbocycles. The summed E-state index contributed by atoms with van der Waals surface area (Å²) in [6.45, 7) is 3.18. The molecule has 0 radical (unpaired) electrons. The third kappa shape index (κ3) is 2.98. The number of ether oxygens (including phenoxy) is 1. The Balaban J connectivity index is 1.43. The average Bonchev–Trinajstić information content (AvgIpc) is 3.05. The lowest BCUT2D eigenvalue weighted by Crippen LogP contribution is -2.28. The van der Waals surface area contributed by atoms with E-state index in [1.165, 1.54) is 6.20 Å². The highest BCUT2D eigenvalue weighted by Crippen LogP contribution is 2.59. The van der Waals surface area contributed by atoms with Gasteiger partial charge < -0.3 is 9.64 Å². The second-order valence-electron chi connectivity index (χ2n) is 6.56. The van der Waals surface area contributed by atoms with Crippen LogP contribution >= 0.6 is 15.9 Å². The van der Waals surface area contributed by atoms with E-state index in [1.807, 2.05) is 17.0 Å². The summed E-state index contributed by atoms with van der Waals surface area (Å²) >= 11 is 3.44. The Morgan fingerprint density at radius 1 is 1.38 bits per heavy atom. The highest BCUT2D eigenvalue weighted by molar-refractivity contribution is 9.10. The van der Waals surface area contributed by atoms with E-state index in [4.69, 9.17) is 4.74 Å². The highest BCUT2D eigenvalue weighted by atomic mass is 79.9. The number of hydrogen-bond acceptors (Lipinski definition) is 5. The summed E-state index contributed by atoms with van der Waals surface area (Å²) in [7, 11) is 0. The molecule has 6 nitrogen and oxygen atoms in total. The molecule has 0 spiro atoms. The summed E-state index contributed by atoms with van der Waals surface area (Å²) in [6, 6.07) is 3.72. The third-order valence-corrected chi connectivity index (χ3v) is 5.60. The molecular weight excluding hydrogens is 410 g/mol. The van der Waals surface area contributed by atoms with Gasteiger partial charge in [-0.15, -0.1) is 0 Å². The summed E-state index contributed by atoms with van der Waals surface area (Å²) in [5, 5.41) is 4.16. The van der Waals surface area contributed by atoms with Gasteiger partial charge >= 0.3 is 5.97 Å². The van der Waals surface area contributed by atoms with Crippen molar-refractivity contribution in [2.24, 2.45) is 11.8 Å². The van der Waals surface area contributed by atoms with E-state index in [9.17, 15) is 13.6 Å². The second-order valence-corrected chi connectivity index (χ2v) is 7.31. The number of hydrogen-bond donors (Lipinski definition) is 0. The van der Waals surface area contributed by atoms with Crippen molar-refractivity contribution in [1.82, 2.24) is 14.8 Å². The van der Waals surface area contributed by atoms with Crippen molar-refractivity contribution in [3.8, 4) is 0 Å². The van der Waals surface area contributed by atoms with E-state index in [0.29, 0.717) is 42.2 Å². The second kappa shape index (κ2) is 6.29. The number of halogens is 3. The zero-order chi connectivity index (χ0) is 18.5. The van der Waals surface area contributed by atoms with Crippen molar-refractivity contribution in [1.29, 1.82) is 0 Å². The van der Waals surface area contributed by atoms with Crippen LogP contribution in [0.15, 0.2) is 29.1 Å². The van der Waals surface area contributed by atoms with Crippen LogP contribution in [0.4, 0.5) is 14.6 Å². The summed E-state index contributed by atoms with van der Waals surface area (Å²) in [5.41, 5.74) is 1.27. The third-order valence-electron chi connectivity index (χ3n) is 4.91. The molecule has 26 heavy (non-hydrogen) atoms. The molecule has 2 atom stereocenters. The van der Waals surface area contributed by atoms with Gasteiger partial charge in [-0.3, -0.25) is 4.68 Å². The first-order chi connectivity index (χ1) is 12.4. The largest absolute Gasteiger partial charge is 0.462 e. The minimum atomic E-state index is -2.50. The normalized spacial score (nSPS) is 23.0. The Hall–Kier alpha value is -2.03. The van der Waals surface area contributed by atoms with Crippen LogP contribution in [0.5, 0.6) is 0 Å². The van der Waals surface area contributed by atoms with Crippen LogP contribution in [0.3, 0.4) is 0 Å². The maximum absolute atomic E-state index is 13.3. The molecule has 0 aromatic carbocycles. The van der Waals surface area contributed by atoms with Crippen LogP contribution in [0, 0.1) is 11.8 Å². The molecule has 0 amide bonds. The molecule has 1 aliphatic carbocycles. The Kier molecular flexibility index (Phi) is 4.21. The molecule has 0 N–H and O–H groups in total. The van der Waals surface area contributed by atoms with Crippen LogP contribution in [0.1, 0.15) is 22.8 Å². The lowest BCUT2D eigenvalue weighted by atomic mass is 10.2. The highest BCUT2D eigenvalue weighted by Gasteiger charge is 2.71. The fourth-order valence-electron chi connectivity index (χ4n) is 3.39. The number of anilines is 1. The predicted molar refractivity (Wildman–Crippen MR) is 93.4 cm³/mol. The van der Waals surface area contributed by atoms with Gasteiger partial charge in [-0.2, -0.15) is 5.10 Å². The van der Waals surface area contributed by atoms with E-state index in [1.54, 1.807) is 17.8 Å². The average molecular weight is 427 g/mol. The first-order valence-electron chi connectivity index (χ1n) is 8.38. The van der Waals surface area contributed by atoms with E-state index < -0.39 is 23.7 Å². The van der Waals surface area contributed by atoms with Crippen molar-refractivity contribution in [3.05, 3.63) is 40.3 Å². The smallest absolute Gasteiger partial charge is 0.341 e. The van der Waals surface area contributed by atoms with Gasteiger partial charge in [0.2, 0.25) is 0 Å². The maximum atomic E-state index is 13.3. The minimum Gasteiger partial charge on any atom is -0.462 e. The summed E-state index contributed by atoms with van der Waals surface area (Å²) in [6.07, 6.45) is 3.08. The number of rotatable bonds is 5. The van der Waals surface area contributed by atoms with Crippen LogP contribution in [0.25, 0.3) is 0 Å². The number of alkyl halides is 2. The van der Waals surface area contributed by atoms with Crippen molar-refractivity contribution in [2.45, 2.75) is 19.4 Å². The van der Waals surface area contributed by atoms with Gasteiger partial charge in [-0.05, 0) is 28.9 Å². The molecule has 2 aromatic rings. The number of carbonyl (C=O) groups excluding carboxylic acids is 1. The van der Waals surface area contributed by atoms with Crippen molar-refractivity contribution >= 4 is 27.7 Å². The first kappa shape index (κ1) is 17.4. The molecule has 4 rings (SSSR count). The fourth-order valence-corrected chi connectivity index (χ4v) is 3.83. The minimum absolute atomic E-state index is 0.311. The van der Waals surface area contributed by atoms with Gasteiger partial charge in [0, 0.05) is 24.8 Å². The molecule has 1 saturated heterocycles. The topological polar surface area (TPSA) is 60.2 Å². The number of nitrogens with zero attached hydrogens (tertiary/aromatic N) is 4. The van der Waals surface area contributed by atoms with Crippen LogP contribution in [-0.2, 0) is 11.3 Å². The Morgan fingerprint density at radius 2 is 2.12 bits per heavy atom. The molecule has 2 fully saturated rings. The maximum Gasteiger partial charge on any atom is 0.341 e. The quantitative estimate of drug-likeness (QED) is 0.543. The van der Waals surface area contributed by atoms with Crippen molar-refractivity contribution in [3.63, 3.8) is 0 Å². The molecule has 3 heterocycles. The van der Waals surface area contributed by atoms with Crippen LogP contribution < -0.4 is 4.90 Å². The molecule has 2 aliphatic rings. The molecule has 0 bridgehead atoms. The molecule has 138 valence electrons. The number of pyridine rings is 1. The first-order valence-corrected chi connectivity index (χ1v) is 9.17.